The van der Waals surface area contributed by atoms with E-state index in [0.717, 1.165) is 12.0 Å². The van der Waals surface area contributed by atoms with Crippen LogP contribution in [0.1, 0.15) is 22.3 Å². The molecule has 120 valence electrons. The van der Waals surface area contributed by atoms with E-state index < -0.39 is 11.7 Å². The van der Waals surface area contributed by atoms with Gasteiger partial charge in [-0.05, 0) is 29.8 Å². The van der Waals surface area contributed by atoms with Gasteiger partial charge in [0.2, 0.25) is 0 Å². The van der Waals surface area contributed by atoms with E-state index in [1.54, 1.807) is 18.2 Å². The quantitative estimate of drug-likeness (QED) is 0.932. The number of benzene rings is 2. The number of hydrogen-bond donors (Lipinski definition) is 1. The summed E-state index contributed by atoms with van der Waals surface area (Å²) in [5.74, 6) is 0.0477. The Morgan fingerprint density at radius 2 is 2.00 bits per heavy atom. The van der Waals surface area contributed by atoms with Crippen molar-refractivity contribution in [3.8, 4) is 11.5 Å². The topological polar surface area (TPSA) is 47.6 Å². The fourth-order valence-electron chi connectivity index (χ4n) is 2.31. The molecule has 0 saturated carbocycles. The Labute approximate surface area is 138 Å². The number of halogens is 2. The Bertz CT molecular complexity index is 736. The first-order valence-corrected chi connectivity index (χ1v) is 7.63. The molecule has 23 heavy (non-hydrogen) atoms. The summed E-state index contributed by atoms with van der Waals surface area (Å²) in [7, 11) is 0. The number of fused-ring (bicyclic) bond motifs is 1. The van der Waals surface area contributed by atoms with Gasteiger partial charge in [0.1, 0.15) is 5.82 Å². The van der Waals surface area contributed by atoms with Crippen LogP contribution in [0.5, 0.6) is 11.5 Å². The number of nitrogens with one attached hydrogen (secondary N) is 1. The third-order valence-corrected chi connectivity index (χ3v) is 3.71. The molecule has 0 saturated heterocycles. The van der Waals surface area contributed by atoms with Crippen molar-refractivity contribution in [1.29, 1.82) is 0 Å². The lowest BCUT2D eigenvalue weighted by Gasteiger charge is -2.12. The zero-order valence-electron chi connectivity index (χ0n) is 12.3. The fourth-order valence-corrected chi connectivity index (χ4v) is 2.60. The summed E-state index contributed by atoms with van der Waals surface area (Å²) in [4.78, 5) is 12.0. The first-order chi connectivity index (χ1) is 11.1. The number of rotatable bonds is 3. The van der Waals surface area contributed by atoms with E-state index in [-0.39, 0.29) is 12.1 Å². The molecule has 1 amide bonds. The molecule has 3 rings (SSSR count). The number of amides is 1. The molecule has 1 N–H and O–H groups in total. The van der Waals surface area contributed by atoms with Crippen LogP contribution in [0.25, 0.3) is 0 Å². The van der Waals surface area contributed by atoms with Crippen LogP contribution in [0.15, 0.2) is 36.4 Å². The van der Waals surface area contributed by atoms with E-state index in [2.05, 4.69) is 5.32 Å². The third kappa shape index (κ3) is 3.56. The smallest absolute Gasteiger partial charge is 0.254 e. The Balaban J connectivity index is 1.74. The number of ether oxygens (including phenoxy) is 2. The monoisotopic (exact) mass is 335 g/mol. The van der Waals surface area contributed by atoms with E-state index in [9.17, 15) is 9.18 Å². The first kappa shape index (κ1) is 15.6. The molecule has 4 nitrogen and oxygen atoms in total. The van der Waals surface area contributed by atoms with Crippen LogP contribution in [0.2, 0.25) is 5.02 Å². The molecule has 0 atom stereocenters. The third-order valence-electron chi connectivity index (χ3n) is 3.43. The molecular weight excluding hydrogens is 321 g/mol. The minimum atomic E-state index is -0.554. The Kier molecular flexibility index (Phi) is 4.67. The van der Waals surface area contributed by atoms with Crippen molar-refractivity contribution < 1.29 is 18.7 Å². The van der Waals surface area contributed by atoms with Crippen molar-refractivity contribution >= 4 is 17.5 Å². The van der Waals surface area contributed by atoms with Crippen molar-refractivity contribution in [2.24, 2.45) is 0 Å². The van der Waals surface area contributed by atoms with Crippen LogP contribution >= 0.6 is 11.6 Å². The SMILES string of the molecule is O=C(NCc1cc(Cl)c2c(c1)OCCCO2)c1ccccc1F. The lowest BCUT2D eigenvalue weighted by atomic mass is 10.1. The van der Waals surface area contributed by atoms with Crippen LogP contribution in [-0.4, -0.2) is 19.1 Å². The predicted octanol–water partition coefficient (Wildman–Crippen LogP) is 3.57. The molecule has 0 bridgehead atoms. The fraction of sp³-hybridized carbons (Fsp3) is 0.235. The Morgan fingerprint density at radius 3 is 2.83 bits per heavy atom. The van der Waals surface area contributed by atoms with Crippen LogP contribution < -0.4 is 14.8 Å². The molecule has 0 unspecified atom stereocenters. The van der Waals surface area contributed by atoms with Crippen LogP contribution in [0.4, 0.5) is 4.39 Å². The van der Waals surface area contributed by atoms with Crippen LogP contribution in [0, 0.1) is 5.82 Å². The van der Waals surface area contributed by atoms with Gasteiger partial charge in [-0.3, -0.25) is 4.79 Å². The second-order valence-corrected chi connectivity index (χ2v) is 5.53. The van der Waals surface area contributed by atoms with Crippen molar-refractivity contribution in [3.05, 3.63) is 58.4 Å². The van der Waals surface area contributed by atoms with Gasteiger partial charge in [0, 0.05) is 13.0 Å². The highest BCUT2D eigenvalue weighted by Crippen LogP contribution is 2.37. The Hall–Kier alpha value is -2.27. The summed E-state index contributed by atoms with van der Waals surface area (Å²) < 4.78 is 24.7. The maximum absolute atomic E-state index is 13.6. The predicted molar refractivity (Wildman–Crippen MR) is 84.6 cm³/mol. The van der Waals surface area contributed by atoms with E-state index in [0.29, 0.717) is 29.7 Å². The van der Waals surface area contributed by atoms with Crippen LogP contribution in [-0.2, 0) is 6.54 Å². The van der Waals surface area contributed by atoms with Gasteiger partial charge in [0.15, 0.2) is 11.5 Å². The van der Waals surface area contributed by atoms with E-state index in [4.69, 9.17) is 21.1 Å². The van der Waals surface area contributed by atoms with Crippen molar-refractivity contribution in [2.45, 2.75) is 13.0 Å². The second kappa shape index (κ2) is 6.87. The molecule has 1 heterocycles. The number of carbonyl (C=O) groups is 1. The number of hydrogen-bond acceptors (Lipinski definition) is 3. The summed E-state index contributed by atoms with van der Waals surface area (Å²) in [6, 6.07) is 9.31. The minimum absolute atomic E-state index is 0.00735. The first-order valence-electron chi connectivity index (χ1n) is 7.26. The van der Waals surface area contributed by atoms with Crippen molar-refractivity contribution in [3.63, 3.8) is 0 Å². The van der Waals surface area contributed by atoms with E-state index in [1.165, 1.54) is 18.2 Å². The Morgan fingerprint density at radius 1 is 1.22 bits per heavy atom. The molecule has 1 aliphatic rings. The van der Waals surface area contributed by atoms with Crippen molar-refractivity contribution in [1.82, 2.24) is 5.32 Å². The lowest BCUT2D eigenvalue weighted by Crippen LogP contribution is -2.23. The molecule has 0 spiro atoms. The van der Waals surface area contributed by atoms with Crippen LogP contribution in [0.3, 0.4) is 0 Å². The summed E-state index contributed by atoms with van der Waals surface area (Å²) in [5.41, 5.74) is 0.761. The summed E-state index contributed by atoms with van der Waals surface area (Å²) in [6.07, 6.45) is 0.782. The van der Waals surface area contributed by atoms with Gasteiger partial charge in [-0.2, -0.15) is 0 Å². The summed E-state index contributed by atoms with van der Waals surface area (Å²) in [5, 5.41) is 3.10. The molecule has 0 aliphatic carbocycles. The summed E-state index contributed by atoms with van der Waals surface area (Å²) in [6.45, 7) is 1.31. The largest absolute Gasteiger partial charge is 0.489 e. The van der Waals surface area contributed by atoms with Gasteiger partial charge >= 0.3 is 0 Å². The lowest BCUT2D eigenvalue weighted by molar-refractivity contribution is 0.0947. The highest BCUT2D eigenvalue weighted by atomic mass is 35.5. The average Bonchev–Trinajstić information content (AvgIpc) is 2.79. The zero-order chi connectivity index (χ0) is 16.2. The molecule has 2 aromatic rings. The van der Waals surface area contributed by atoms with Crippen molar-refractivity contribution in [2.75, 3.05) is 13.2 Å². The standard InChI is InChI=1S/C17H15ClFNO3/c18-13-8-11(9-15-16(13)23-7-3-6-22-15)10-20-17(21)12-4-1-2-5-14(12)19/h1-2,4-5,8-9H,3,6-7,10H2,(H,20,21). The molecule has 0 aromatic heterocycles. The normalized spacial score (nSPS) is 13.3. The zero-order valence-corrected chi connectivity index (χ0v) is 13.0. The number of carbonyl (C=O) groups excluding carboxylic acids is 1. The second-order valence-electron chi connectivity index (χ2n) is 5.12. The van der Waals surface area contributed by atoms with Gasteiger partial charge in [-0.25, -0.2) is 4.39 Å². The molecular formula is C17H15ClFNO3. The maximum Gasteiger partial charge on any atom is 0.254 e. The van der Waals surface area contributed by atoms with Gasteiger partial charge in [0.25, 0.3) is 5.91 Å². The molecule has 0 fully saturated rings. The van der Waals surface area contributed by atoms with E-state index in [1.807, 2.05) is 0 Å². The molecule has 2 aromatic carbocycles. The van der Waals surface area contributed by atoms with Gasteiger partial charge < -0.3 is 14.8 Å². The highest BCUT2D eigenvalue weighted by molar-refractivity contribution is 6.32. The highest BCUT2D eigenvalue weighted by Gasteiger charge is 2.16. The minimum Gasteiger partial charge on any atom is -0.489 e. The van der Waals surface area contributed by atoms with Gasteiger partial charge in [0.05, 0.1) is 23.8 Å². The average molecular weight is 336 g/mol. The summed E-state index contributed by atoms with van der Waals surface area (Å²) >= 11 is 6.20. The van der Waals surface area contributed by atoms with Gasteiger partial charge in [-0.15, -0.1) is 0 Å². The van der Waals surface area contributed by atoms with Gasteiger partial charge in [-0.1, -0.05) is 23.7 Å². The maximum atomic E-state index is 13.6. The molecule has 1 aliphatic heterocycles. The molecule has 0 radical (unpaired) electrons. The molecule has 6 heteroatoms. The van der Waals surface area contributed by atoms with E-state index >= 15 is 0 Å².